The van der Waals surface area contributed by atoms with Gasteiger partial charge in [-0.1, -0.05) is 41.4 Å². The number of likely N-dealkylation sites (N-methyl/N-ethyl adjacent to an activating group) is 1. The number of nitrogens with zero attached hydrogens (tertiary/aromatic N) is 2. The van der Waals surface area contributed by atoms with Crippen molar-refractivity contribution in [2.75, 3.05) is 13.6 Å². The Labute approximate surface area is 209 Å². The minimum atomic E-state index is -4.78. The van der Waals surface area contributed by atoms with Gasteiger partial charge >= 0.3 is 12.3 Å². The van der Waals surface area contributed by atoms with Gasteiger partial charge in [-0.15, -0.1) is 0 Å². The van der Waals surface area contributed by atoms with E-state index in [2.05, 4.69) is 0 Å². The van der Waals surface area contributed by atoms with E-state index < -0.39 is 42.5 Å². The highest BCUT2D eigenvalue weighted by Gasteiger charge is 2.44. The smallest absolute Gasteiger partial charge is 0.408 e. The van der Waals surface area contributed by atoms with Crippen molar-refractivity contribution in [2.45, 2.75) is 37.5 Å². The molecule has 0 aliphatic rings. The Kier molecular flexibility index (Phi) is 9.51. The molecule has 6 nitrogen and oxygen atoms in total. The van der Waals surface area contributed by atoms with Crippen LogP contribution in [0.25, 0.3) is 0 Å². The molecule has 2 amide bonds. The van der Waals surface area contributed by atoms with Crippen LogP contribution in [0.5, 0.6) is 0 Å². The first-order chi connectivity index (χ1) is 16.3. The van der Waals surface area contributed by atoms with Gasteiger partial charge in [0.2, 0.25) is 5.91 Å². The summed E-state index contributed by atoms with van der Waals surface area (Å²) < 4.78 is 52.0. The second kappa shape index (κ2) is 11.7. The minimum Gasteiger partial charge on any atom is -0.465 e. The first-order valence-corrected chi connectivity index (χ1v) is 11.0. The molecule has 1 atom stereocenters. The van der Waals surface area contributed by atoms with Crippen molar-refractivity contribution < 1.29 is 37.1 Å². The topological polar surface area (TPSA) is 77.9 Å². The molecule has 1 N–H and O–H groups in total. The molecule has 12 heteroatoms. The predicted molar refractivity (Wildman–Crippen MR) is 122 cm³/mol. The number of carbonyl (C=O) groups is 3. The third kappa shape index (κ3) is 7.57. The predicted octanol–water partition coefficient (Wildman–Crippen LogP) is 5.90. The Balaban J connectivity index is 2.67. The van der Waals surface area contributed by atoms with Gasteiger partial charge in [-0.3, -0.25) is 9.69 Å². The molecule has 0 bridgehead atoms. The number of aldehydes is 1. The number of rotatable bonds is 10. The van der Waals surface area contributed by atoms with Crippen molar-refractivity contribution >= 4 is 41.5 Å². The monoisotopic (exact) mass is 536 g/mol. The summed E-state index contributed by atoms with van der Waals surface area (Å²) in [5.41, 5.74) is -1.12. The number of carboxylic acid groups (broad SMARTS) is 1. The average Bonchev–Trinajstić information content (AvgIpc) is 2.76. The maximum atomic E-state index is 13.4. The summed E-state index contributed by atoms with van der Waals surface area (Å²) in [5.74, 6) is -1.84. The number of hydrogen-bond donors (Lipinski definition) is 1. The number of carbonyl (C=O) groups excluding carboxylic acids is 2. The quantitative estimate of drug-likeness (QED) is 0.303. The lowest BCUT2D eigenvalue weighted by atomic mass is 9.82. The van der Waals surface area contributed by atoms with Gasteiger partial charge in [0.05, 0.1) is 15.6 Å². The van der Waals surface area contributed by atoms with Gasteiger partial charge < -0.3 is 14.8 Å². The minimum absolute atomic E-state index is 0.0380. The fourth-order valence-corrected chi connectivity index (χ4v) is 4.03. The summed E-state index contributed by atoms with van der Waals surface area (Å²) in [6, 6.07) is 9.11. The molecule has 2 rings (SSSR count). The van der Waals surface area contributed by atoms with Crippen LogP contribution in [-0.4, -0.2) is 53.0 Å². The SMILES string of the molecule is CN(C[C@](CCC=O)(c1ccc(Cl)c(Cl)c1)N(Cc1ccc(F)cc1)C(=O)O)C(=O)CC(F)(F)F. The van der Waals surface area contributed by atoms with Crippen LogP contribution in [0.1, 0.15) is 30.4 Å². The maximum absolute atomic E-state index is 13.4. The Bertz CT molecular complexity index is 1070. The second-order valence-corrected chi connectivity index (χ2v) is 8.72. The Morgan fingerprint density at radius 2 is 1.69 bits per heavy atom. The van der Waals surface area contributed by atoms with Crippen molar-refractivity contribution in [3.63, 3.8) is 0 Å². The van der Waals surface area contributed by atoms with Gasteiger partial charge in [0.25, 0.3) is 0 Å². The molecular weight excluding hydrogens is 515 g/mol. The van der Waals surface area contributed by atoms with Crippen molar-refractivity contribution in [3.05, 3.63) is 69.5 Å². The second-order valence-electron chi connectivity index (χ2n) is 7.90. The zero-order valence-corrected chi connectivity index (χ0v) is 20.0. The Morgan fingerprint density at radius 1 is 1.06 bits per heavy atom. The standard InChI is InChI=1S/C23H22Cl2F4N2O4/c1-30(20(33)12-23(27,28)29)14-22(9-2-10-32,16-5-8-18(24)19(25)11-16)31(21(34)35)13-15-3-6-17(26)7-4-15/h3-8,10-11H,2,9,12-14H2,1H3,(H,34,35)/t22-/m1/s1. The molecular formula is C23H22Cl2F4N2O4. The van der Waals surface area contributed by atoms with Crippen molar-refractivity contribution in [3.8, 4) is 0 Å². The van der Waals surface area contributed by atoms with Gasteiger partial charge in [-0.05, 0) is 41.8 Å². The summed E-state index contributed by atoms with van der Waals surface area (Å²) in [4.78, 5) is 37.8. The molecule has 0 aromatic heterocycles. The fraction of sp³-hybridized carbons (Fsp3) is 0.348. The van der Waals surface area contributed by atoms with Gasteiger partial charge in [0, 0.05) is 26.6 Å². The largest absolute Gasteiger partial charge is 0.465 e. The van der Waals surface area contributed by atoms with E-state index in [0.717, 1.165) is 29.0 Å². The molecule has 2 aromatic carbocycles. The lowest BCUT2D eigenvalue weighted by Gasteiger charge is -2.45. The van der Waals surface area contributed by atoms with Crippen LogP contribution in [0.3, 0.4) is 0 Å². The van der Waals surface area contributed by atoms with Gasteiger partial charge in [0.1, 0.15) is 18.5 Å². The summed E-state index contributed by atoms with van der Waals surface area (Å²) in [5, 5.41) is 10.3. The molecule has 0 radical (unpaired) electrons. The normalized spacial score (nSPS) is 13.1. The number of halogens is 6. The Morgan fingerprint density at radius 3 is 2.20 bits per heavy atom. The molecule has 0 fully saturated rings. The van der Waals surface area contributed by atoms with E-state index in [9.17, 15) is 37.1 Å². The summed E-state index contributed by atoms with van der Waals surface area (Å²) in [6.07, 6.45) is -7.86. The van der Waals surface area contributed by atoms with E-state index in [1.807, 2.05) is 0 Å². The van der Waals surface area contributed by atoms with Gasteiger partial charge in [0.15, 0.2) is 0 Å². The van der Waals surface area contributed by atoms with E-state index >= 15 is 0 Å². The van der Waals surface area contributed by atoms with Crippen molar-refractivity contribution in [1.29, 1.82) is 0 Å². The molecule has 0 saturated carbocycles. The van der Waals surface area contributed by atoms with E-state index in [0.29, 0.717) is 11.8 Å². The molecule has 35 heavy (non-hydrogen) atoms. The maximum Gasteiger partial charge on any atom is 0.408 e. The molecule has 0 aliphatic heterocycles. The van der Waals surface area contributed by atoms with Crippen LogP contribution >= 0.6 is 23.2 Å². The van der Waals surface area contributed by atoms with E-state index in [4.69, 9.17) is 23.2 Å². The van der Waals surface area contributed by atoms with Crippen molar-refractivity contribution in [1.82, 2.24) is 9.80 Å². The highest BCUT2D eigenvalue weighted by atomic mass is 35.5. The molecule has 2 aromatic rings. The van der Waals surface area contributed by atoms with E-state index in [1.165, 1.54) is 30.3 Å². The lowest BCUT2D eigenvalue weighted by Crippen LogP contribution is -2.55. The zero-order valence-electron chi connectivity index (χ0n) is 18.5. The van der Waals surface area contributed by atoms with Crippen LogP contribution in [0.15, 0.2) is 42.5 Å². The van der Waals surface area contributed by atoms with Gasteiger partial charge in [-0.2, -0.15) is 13.2 Å². The molecule has 0 unspecified atom stereocenters. The first kappa shape index (κ1) is 28.4. The van der Waals surface area contributed by atoms with Crippen LogP contribution in [0.4, 0.5) is 22.4 Å². The van der Waals surface area contributed by atoms with E-state index in [-0.39, 0.29) is 35.0 Å². The third-order valence-corrected chi connectivity index (χ3v) is 6.15. The summed E-state index contributed by atoms with van der Waals surface area (Å²) >= 11 is 12.2. The van der Waals surface area contributed by atoms with Gasteiger partial charge in [-0.25, -0.2) is 9.18 Å². The lowest BCUT2D eigenvalue weighted by molar-refractivity contribution is -0.161. The highest BCUT2D eigenvalue weighted by Crippen LogP contribution is 2.39. The van der Waals surface area contributed by atoms with Crippen molar-refractivity contribution in [2.24, 2.45) is 0 Å². The average molecular weight is 537 g/mol. The molecule has 0 heterocycles. The number of benzene rings is 2. The summed E-state index contributed by atoms with van der Waals surface area (Å²) in [7, 11) is 1.11. The highest BCUT2D eigenvalue weighted by molar-refractivity contribution is 6.42. The fourth-order valence-electron chi connectivity index (χ4n) is 3.74. The van der Waals surface area contributed by atoms with E-state index in [1.54, 1.807) is 0 Å². The molecule has 0 aliphatic carbocycles. The number of amides is 2. The zero-order chi connectivity index (χ0) is 26.4. The first-order valence-electron chi connectivity index (χ1n) is 10.2. The molecule has 0 saturated heterocycles. The molecule has 190 valence electrons. The third-order valence-electron chi connectivity index (χ3n) is 5.41. The number of hydrogen-bond acceptors (Lipinski definition) is 3. The van der Waals surface area contributed by atoms with Crippen LogP contribution < -0.4 is 0 Å². The van der Waals surface area contributed by atoms with Crippen LogP contribution in [0.2, 0.25) is 10.0 Å². The Hall–Kier alpha value is -2.85. The molecule has 0 spiro atoms. The summed E-state index contributed by atoms with van der Waals surface area (Å²) in [6.45, 7) is -0.850. The van der Waals surface area contributed by atoms with Crippen LogP contribution in [0, 0.1) is 5.82 Å². The number of alkyl halides is 3. The van der Waals surface area contributed by atoms with Crippen LogP contribution in [-0.2, 0) is 21.7 Å².